The number of anilines is 1. The lowest BCUT2D eigenvalue weighted by Gasteiger charge is -1.99. The van der Waals surface area contributed by atoms with E-state index in [9.17, 15) is 0 Å². The molecule has 0 aliphatic heterocycles. The second-order valence-electron chi connectivity index (χ2n) is 3.49. The van der Waals surface area contributed by atoms with Crippen LogP contribution in [0, 0.1) is 0 Å². The standard InChI is InChI=1S/C10H14N4O/c11-8-4-5-10-13-12-9(14(10)7-8)3-1-2-6-15/h4-5,7,15H,1-3,6,11H2. The number of nitrogen functional groups attached to an aromatic ring is 1. The Kier molecular flexibility index (Phi) is 2.82. The number of fused-ring (bicyclic) bond motifs is 1. The highest BCUT2D eigenvalue weighted by atomic mass is 16.2. The van der Waals surface area contributed by atoms with E-state index in [0.29, 0.717) is 5.69 Å². The predicted octanol–water partition coefficient (Wildman–Crippen LogP) is 0.627. The van der Waals surface area contributed by atoms with Crippen molar-refractivity contribution < 1.29 is 5.11 Å². The van der Waals surface area contributed by atoms with Gasteiger partial charge in [-0.1, -0.05) is 0 Å². The van der Waals surface area contributed by atoms with Crippen LogP contribution < -0.4 is 5.73 Å². The summed E-state index contributed by atoms with van der Waals surface area (Å²) < 4.78 is 1.90. The first kappa shape index (κ1) is 9.92. The number of hydrogen-bond acceptors (Lipinski definition) is 4. The molecule has 3 N–H and O–H groups in total. The third-order valence-corrected chi connectivity index (χ3v) is 2.30. The van der Waals surface area contributed by atoms with Gasteiger partial charge in [-0.2, -0.15) is 0 Å². The molecule has 0 aliphatic carbocycles. The molecule has 0 saturated carbocycles. The zero-order valence-electron chi connectivity index (χ0n) is 8.43. The molecule has 0 saturated heterocycles. The largest absolute Gasteiger partial charge is 0.398 e. The van der Waals surface area contributed by atoms with Gasteiger partial charge in [-0.15, -0.1) is 10.2 Å². The maximum Gasteiger partial charge on any atom is 0.160 e. The molecule has 0 unspecified atom stereocenters. The van der Waals surface area contributed by atoms with E-state index < -0.39 is 0 Å². The fraction of sp³-hybridized carbons (Fsp3) is 0.400. The number of aliphatic hydroxyl groups excluding tert-OH is 1. The summed E-state index contributed by atoms with van der Waals surface area (Å²) in [5, 5.41) is 16.8. The summed E-state index contributed by atoms with van der Waals surface area (Å²) in [6.45, 7) is 0.221. The Hall–Kier alpha value is -1.62. The van der Waals surface area contributed by atoms with Crippen molar-refractivity contribution in [3.8, 4) is 0 Å². The third-order valence-electron chi connectivity index (χ3n) is 2.30. The number of unbranched alkanes of at least 4 members (excludes halogenated alkanes) is 1. The van der Waals surface area contributed by atoms with E-state index in [1.807, 2.05) is 22.7 Å². The van der Waals surface area contributed by atoms with Crippen LogP contribution >= 0.6 is 0 Å². The number of nitrogens with zero attached hydrogens (tertiary/aromatic N) is 3. The SMILES string of the molecule is Nc1ccc2nnc(CCCCO)n2c1. The third kappa shape index (κ3) is 2.07. The minimum Gasteiger partial charge on any atom is -0.398 e. The molecule has 0 amide bonds. The lowest BCUT2D eigenvalue weighted by molar-refractivity contribution is 0.284. The summed E-state index contributed by atoms with van der Waals surface area (Å²) in [7, 11) is 0. The number of nitrogens with two attached hydrogens (primary N) is 1. The molecule has 2 heterocycles. The summed E-state index contributed by atoms with van der Waals surface area (Å²) in [6.07, 6.45) is 4.33. The maximum absolute atomic E-state index is 8.69. The molecule has 2 rings (SSSR count). The quantitative estimate of drug-likeness (QED) is 0.719. The fourth-order valence-electron chi connectivity index (χ4n) is 1.52. The molecule has 0 bridgehead atoms. The van der Waals surface area contributed by atoms with E-state index in [2.05, 4.69) is 10.2 Å². The van der Waals surface area contributed by atoms with Gasteiger partial charge in [0.05, 0.1) is 0 Å². The Morgan fingerprint density at radius 3 is 2.93 bits per heavy atom. The van der Waals surface area contributed by atoms with Gasteiger partial charge in [-0.3, -0.25) is 4.40 Å². The lowest BCUT2D eigenvalue weighted by Crippen LogP contribution is -1.97. The van der Waals surface area contributed by atoms with Gasteiger partial charge in [0.25, 0.3) is 0 Å². The summed E-state index contributed by atoms with van der Waals surface area (Å²) in [4.78, 5) is 0. The Bertz CT molecular complexity index is 452. The highest BCUT2D eigenvalue weighted by Gasteiger charge is 2.04. The topological polar surface area (TPSA) is 76.4 Å². The first-order valence-corrected chi connectivity index (χ1v) is 5.01. The molecule has 0 aliphatic rings. The maximum atomic E-state index is 8.69. The van der Waals surface area contributed by atoms with Crippen molar-refractivity contribution in [3.05, 3.63) is 24.2 Å². The average molecular weight is 206 g/mol. The fourth-order valence-corrected chi connectivity index (χ4v) is 1.52. The number of pyridine rings is 1. The number of rotatable bonds is 4. The number of aromatic nitrogens is 3. The van der Waals surface area contributed by atoms with Crippen LogP contribution in [0.5, 0.6) is 0 Å². The lowest BCUT2D eigenvalue weighted by atomic mass is 10.2. The molecule has 15 heavy (non-hydrogen) atoms. The monoisotopic (exact) mass is 206 g/mol. The Morgan fingerprint density at radius 2 is 2.13 bits per heavy atom. The van der Waals surface area contributed by atoms with Gasteiger partial charge in [-0.25, -0.2) is 0 Å². The molecular formula is C10H14N4O. The Labute approximate surface area is 87.6 Å². The second-order valence-corrected chi connectivity index (χ2v) is 3.49. The van der Waals surface area contributed by atoms with Crippen LogP contribution in [0.1, 0.15) is 18.7 Å². The van der Waals surface area contributed by atoms with Crippen LogP contribution in [0.2, 0.25) is 0 Å². The summed E-state index contributed by atoms with van der Waals surface area (Å²) in [5.74, 6) is 0.894. The molecule has 0 radical (unpaired) electrons. The van der Waals surface area contributed by atoms with Crippen LogP contribution in [0.3, 0.4) is 0 Å². The van der Waals surface area contributed by atoms with Crippen molar-refractivity contribution in [2.45, 2.75) is 19.3 Å². The first-order valence-electron chi connectivity index (χ1n) is 5.01. The van der Waals surface area contributed by atoms with Crippen LogP contribution in [0.25, 0.3) is 5.65 Å². The van der Waals surface area contributed by atoms with Crippen LogP contribution in [-0.2, 0) is 6.42 Å². The molecule has 0 spiro atoms. The average Bonchev–Trinajstić information content (AvgIpc) is 2.62. The van der Waals surface area contributed by atoms with Gasteiger partial charge in [0, 0.05) is 24.9 Å². The van der Waals surface area contributed by atoms with Gasteiger partial charge in [0.2, 0.25) is 0 Å². The molecule has 5 nitrogen and oxygen atoms in total. The van der Waals surface area contributed by atoms with Crippen LogP contribution in [0.15, 0.2) is 18.3 Å². The van der Waals surface area contributed by atoms with E-state index in [0.717, 1.165) is 30.7 Å². The van der Waals surface area contributed by atoms with Crippen molar-refractivity contribution in [1.29, 1.82) is 0 Å². The molecule has 0 aromatic carbocycles. The number of hydrogen-bond donors (Lipinski definition) is 2. The van der Waals surface area contributed by atoms with Gasteiger partial charge in [0.15, 0.2) is 5.65 Å². The molecule has 0 atom stereocenters. The molecule has 0 fully saturated rings. The normalized spacial score (nSPS) is 11.0. The highest BCUT2D eigenvalue weighted by Crippen LogP contribution is 2.09. The first-order chi connectivity index (χ1) is 7.31. The molecule has 80 valence electrons. The molecular weight excluding hydrogens is 192 g/mol. The number of aliphatic hydroxyl groups is 1. The van der Waals surface area contributed by atoms with Gasteiger partial charge in [0.1, 0.15) is 5.82 Å². The summed E-state index contributed by atoms with van der Waals surface area (Å²) >= 11 is 0. The van der Waals surface area contributed by atoms with Crippen molar-refractivity contribution >= 4 is 11.3 Å². The van der Waals surface area contributed by atoms with Crippen LogP contribution in [0.4, 0.5) is 5.69 Å². The Balaban J connectivity index is 2.23. The van der Waals surface area contributed by atoms with E-state index in [1.54, 1.807) is 0 Å². The smallest absolute Gasteiger partial charge is 0.160 e. The highest BCUT2D eigenvalue weighted by molar-refractivity contribution is 5.47. The second kappa shape index (κ2) is 4.27. The summed E-state index contributed by atoms with van der Waals surface area (Å²) in [5.41, 5.74) is 7.20. The van der Waals surface area contributed by atoms with Crippen LogP contribution in [-0.4, -0.2) is 26.3 Å². The zero-order valence-corrected chi connectivity index (χ0v) is 8.43. The molecule has 2 aromatic rings. The van der Waals surface area contributed by atoms with E-state index in [-0.39, 0.29) is 6.61 Å². The summed E-state index contributed by atoms with van der Waals surface area (Å²) in [6, 6.07) is 3.65. The predicted molar refractivity (Wildman–Crippen MR) is 57.4 cm³/mol. The minimum atomic E-state index is 0.221. The van der Waals surface area contributed by atoms with Gasteiger partial charge < -0.3 is 10.8 Å². The number of aryl methyl sites for hydroxylation is 1. The Morgan fingerprint density at radius 1 is 1.27 bits per heavy atom. The van der Waals surface area contributed by atoms with E-state index >= 15 is 0 Å². The van der Waals surface area contributed by atoms with Crippen molar-refractivity contribution in [1.82, 2.24) is 14.6 Å². The molecule has 5 heteroatoms. The minimum absolute atomic E-state index is 0.221. The van der Waals surface area contributed by atoms with Crippen molar-refractivity contribution in [3.63, 3.8) is 0 Å². The van der Waals surface area contributed by atoms with Crippen molar-refractivity contribution in [2.24, 2.45) is 0 Å². The van der Waals surface area contributed by atoms with E-state index in [1.165, 1.54) is 0 Å². The van der Waals surface area contributed by atoms with E-state index in [4.69, 9.17) is 10.8 Å². The zero-order chi connectivity index (χ0) is 10.7. The van der Waals surface area contributed by atoms with Crippen molar-refractivity contribution in [2.75, 3.05) is 12.3 Å². The molecule has 2 aromatic heterocycles. The van der Waals surface area contributed by atoms with Gasteiger partial charge in [-0.05, 0) is 25.0 Å². The van der Waals surface area contributed by atoms with Gasteiger partial charge >= 0.3 is 0 Å².